The molecule has 0 saturated carbocycles. The van der Waals surface area contributed by atoms with Crippen molar-refractivity contribution in [1.29, 1.82) is 0 Å². The number of hydrogen-bond donors (Lipinski definition) is 1. The highest BCUT2D eigenvalue weighted by Crippen LogP contribution is 2.12. The maximum Gasteiger partial charge on any atom is 0.407 e. The largest absolute Gasteiger partial charge is 0.453 e. The number of alkyl carbamates (subject to hydrolysis) is 1. The topological polar surface area (TPSA) is 38.3 Å². The van der Waals surface area contributed by atoms with Gasteiger partial charge in [-0.3, -0.25) is 0 Å². The number of hydrogen-bond acceptors (Lipinski definition) is 2. The molecule has 0 radical (unpaired) electrons. The summed E-state index contributed by atoms with van der Waals surface area (Å²) >= 11 is 0. The van der Waals surface area contributed by atoms with Gasteiger partial charge >= 0.3 is 6.09 Å². The lowest BCUT2D eigenvalue weighted by molar-refractivity contribution is 0.159. The average Bonchev–Trinajstić information content (AvgIpc) is 2.17. The molecule has 1 rings (SSSR count). The molecular weight excluding hydrogens is 190 g/mol. The van der Waals surface area contributed by atoms with Crippen molar-refractivity contribution in [2.75, 3.05) is 7.11 Å². The Labute approximate surface area is 90.4 Å². The summed E-state index contributed by atoms with van der Waals surface area (Å²) in [5, 5.41) is 2.79. The maximum atomic E-state index is 11.1. The van der Waals surface area contributed by atoms with Gasteiger partial charge in [-0.1, -0.05) is 30.3 Å². The minimum Gasteiger partial charge on any atom is -0.453 e. The van der Waals surface area contributed by atoms with Gasteiger partial charge in [0.2, 0.25) is 0 Å². The van der Waals surface area contributed by atoms with Crippen molar-refractivity contribution in [3.63, 3.8) is 0 Å². The Kier molecular flexibility index (Phi) is 3.72. The second-order valence-electron chi connectivity index (χ2n) is 4.16. The highest BCUT2D eigenvalue weighted by molar-refractivity contribution is 5.67. The smallest absolute Gasteiger partial charge is 0.407 e. The number of nitrogens with one attached hydrogen (secondary N) is 1. The third-order valence-corrected chi connectivity index (χ3v) is 2.11. The van der Waals surface area contributed by atoms with Crippen LogP contribution in [0.25, 0.3) is 0 Å². The van der Waals surface area contributed by atoms with Crippen LogP contribution in [0, 0.1) is 0 Å². The van der Waals surface area contributed by atoms with Gasteiger partial charge in [-0.15, -0.1) is 0 Å². The van der Waals surface area contributed by atoms with Crippen LogP contribution in [-0.2, 0) is 11.2 Å². The van der Waals surface area contributed by atoms with Crippen LogP contribution >= 0.6 is 0 Å². The summed E-state index contributed by atoms with van der Waals surface area (Å²) in [5.74, 6) is 0. The zero-order valence-electron chi connectivity index (χ0n) is 9.41. The number of carbonyl (C=O) groups is 1. The van der Waals surface area contributed by atoms with Crippen molar-refractivity contribution in [3.05, 3.63) is 35.9 Å². The molecule has 0 aromatic heterocycles. The molecule has 0 fully saturated rings. The lowest BCUT2D eigenvalue weighted by atomic mass is 9.95. The maximum absolute atomic E-state index is 11.1. The highest BCUT2D eigenvalue weighted by Gasteiger charge is 2.20. The summed E-state index contributed by atoms with van der Waals surface area (Å²) in [4.78, 5) is 11.1. The van der Waals surface area contributed by atoms with Crippen molar-refractivity contribution >= 4 is 6.09 Å². The number of rotatable bonds is 3. The Morgan fingerprint density at radius 2 is 1.93 bits per heavy atom. The van der Waals surface area contributed by atoms with E-state index in [2.05, 4.69) is 10.1 Å². The van der Waals surface area contributed by atoms with E-state index in [1.165, 1.54) is 12.7 Å². The first-order valence-electron chi connectivity index (χ1n) is 4.93. The summed E-state index contributed by atoms with van der Waals surface area (Å²) in [5.41, 5.74) is 0.896. The van der Waals surface area contributed by atoms with Gasteiger partial charge in [0.15, 0.2) is 0 Å². The van der Waals surface area contributed by atoms with E-state index in [0.717, 1.165) is 6.42 Å². The minimum absolute atomic E-state index is 0.297. The summed E-state index contributed by atoms with van der Waals surface area (Å²) in [6, 6.07) is 10.0. The van der Waals surface area contributed by atoms with Crippen LogP contribution in [0.1, 0.15) is 19.4 Å². The molecule has 0 spiro atoms. The molecule has 0 aliphatic heterocycles. The molecule has 82 valence electrons. The minimum atomic E-state index is -0.393. The van der Waals surface area contributed by atoms with Crippen LogP contribution in [0.4, 0.5) is 4.79 Å². The Balaban J connectivity index is 2.60. The molecule has 1 aromatic rings. The van der Waals surface area contributed by atoms with Gasteiger partial charge in [0.05, 0.1) is 7.11 Å². The predicted octanol–water partition coefficient (Wildman–Crippen LogP) is 2.36. The van der Waals surface area contributed by atoms with Gasteiger partial charge in [-0.25, -0.2) is 4.79 Å². The van der Waals surface area contributed by atoms with E-state index < -0.39 is 6.09 Å². The van der Waals surface area contributed by atoms with Crippen molar-refractivity contribution in [2.45, 2.75) is 25.8 Å². The van der Waals surface area contributed by atoms with Crippen LogP contribution in [0.2, 0.25) is 0 Å². The Morgan fingerprint density at radius 3 is 2.47 bits per heavy atom. The van der Waals surface area contributed by atoms with Crippen molar-refractivity contribution in [3.8, 4) is 0 Å². The Morgan fingerprint density at radius 1 is 1.33 bits per heavy atom. The molecule has 15 heavy (non-hydrogen) atoms. The number of benzene rings is 1. The molecule has 0 bridgehead atoms. The molecule has 0 saturated heterocycles. The normalized spacial score (nSPS) is 10.9. The Hall–Kier alpha value is -1.51. The molecule has 3 heteroatoms. The van der Waals surface area contributed by atoms with Gasteiger partial charge in [0.25, 0.3) is 0 Å². The molecule has 0 aliphatic rings. The number of amides is 1. The number of carbonyl (C=O) groups excluding carboxylic acids is 1. The third kappa shape index (κ3) is 4.02. The monoisotopic (exact) mass is 207 g/mol. The third-order valence-electron chi connectivity index (χ3n) is 2.11. The predicted molar refractivity (Wildman–Crippen MR) is 59.8 cm³/mol. The van der Waals surface area contributed by atoms with Crippen LogP contribution in [0.15, 0.2) is 30.3 Å². The molecular formula is C12H17NO2. The average molecular weight is 207 g/mol. The molecule has 1 N–H and O–H groups in total. The van der Waals surface area contributed by atoms with Crippen LogP contribution in [-0.4, -0.2) is 18.7 Å². The van der Waals surface area contributed by atoms with E-state index in [4.69, 9.17) is 0 Å². The van der Waals surface area contributed by atoms with Gasteiger partial charge in [-0.05, 0) is 25.8 Å². The molecule has 1 amide bonds. The van der Waals surface area contributed by atoms with Gasteiger partial charge in [0.1, 0.15) is 0 Å². The zero-order valence-corrected chi connectivity index (χ0v) is 9.41. The number of methoxy groups -OCH3 is 1. The summed E-state index contributed by atoms with van der Waals surface area (Å²) in [7, 11) is 1.37. The first-order valence-corrected chi connectivity index (χ1v) is 4.93. The van der Waals surface area contributed by atoms with Crippen molar-refractivity contribution in [2.24, 2.45) is 0 Å². The summed E-state index contributed by atoms with van der Waals surface area (Å²) < 4.78 is 4.57. The molecule has 0 atom stereocenters. The highest BCUT2D eigenvalue weighted by atomic mass is 16.5. The van der Waals surface area contributed by atoms with Gasteiger partial charge in [0, 0.05) is 5.54 Å². The fourth-order valence-corrected chi connectivity index (χ4v) is 1.48. The molecule has 1 aromatic carbocycles. The first-order chi connectivity index (χ1) is 7.03. The van der Waals surface area contributed by atoms with Gasteiger partial charge in [-0.2, -0.15) is 0 Å². The summed E-state index contributed by atoms with van der Waals surface area (Å²) in [6.07, 6.45) is 0.388. The van der Waals surface area contributed by atoms with E-state index >= 15 is 0 Å². The van der Waals surface area contributed by atoms with E-state index in [9.17, 15) is 4.79 Å². The van der Waals surface area contributed by atoms with Crippen LogP contribution in [0.5, 0.6) is 0 Å². The zero-order chi connectivity index (χ0) is 11.3. The Bertz CT molecular complexity index is 320. The number of ether oxygens (including phenoxy) is 1. The molecule has 0 unspecified atom stereocenters. The molecule has 0 aliphatic carbocycles. The van der Waals surface area contributed by atoms with E-state index in [-0.39, 0.29) is 5.54 Å². The fraction of sp³-hybridized carbons (Fsp3) is 0.417. The second-order valence-corrected chi connectivity index (χ2v) is 4.16. The lowest BCUT2D eigenvalue weighted by Gasteiger charge is -2.25. The second kappa shape index (κ2) is 4.82. The van der Waals surface area contributed by atoms with E-state index in [0.29, 0.717) is 0 Å². The van der Waals surface area contributed by atoms with Crippen molar-refractivity contribution < 1.29 is 9.53 Å². The SMILES string of the molecule is COC(=O)NC(C)(C)Cc1ccccc1. The van der Waals surface area contributed by atoms with E-state index in [1.54, 1.807) is 0 Å². The fourth-order valence-electron chi connectivity index (χ4n) is 1.48. The standard InChI is InChI=1S/C12H17NO2/c1-12(2,13-11(14)15-3)9-10-7-5-4-6-8-10/h4-8H,9H2,1-3H3,(H,13,14). The molecule has 0 heterocycles. The quantitative estimate of drug-likeness (QED) is 0.826. The van der Waals surface area contributed by atoms with E-state index in [1.807, 2.05) is 44.2 Å². The van der Waals surface area contributed by atoms with Gasteiger partial charge < -0.3 is 10.1 Å². The summed E-state index contributed by atoms with van der Waals surface area (Å²) in [6.45, 7) is 3.94. The lowest BCUT2D eigenvalue weighted by Crippen LogP contribution is -2.45. The van der Waals surface area contributed by atoms with Crippen molar-refractivity contribution in [1.82, 2.24) is 5.32 Å². The first kappa shape index (κ1) is 11.6. The molecule has 3 nitrogen and oxygen atoms in total. The van der Waals surface area contributed by atoms with Crippen LogP contribution in [0.3, 0.4) is 0 Å². The van der Waals surface area contributed by atoms with Crippen LogP contribution < -0.4 is 5.32 Å².